The predicted molar refractivity (Wildman–Crippen MR) is 92.3 cm³/mol. The summed E-state index contributed by atoms with van der Waals surface area (Å²) < 4.78 is 0. The van der Waals surface area contributed by atoms with E-state index >= 15 is 0 Å². The van der Waals surface area contributed by atoms with E-state index in [1.807, 2.05) is 37.3 Å². The standard InChI is InChI=1S/C17H20N2OS2/c1-13-11-22-16(18-13)17(9-5-6-10-17)19-15(20)12-21-14-7-3-2-4-8-14/h2-4,7-8,11H,5-6,9-10,12H2,1H3,(H,19,20). The Morgan fingerprint density at radius 3 is 2.68 bits per heavy atom. The number of hydrogen-bond acceptors (Lipinski definition) is 4. The molecule has 3 nitrogen and oxygen atoms in total. The molecule has 1 aliphatic rings. The second-order valence-electron chi connectivity index (χ2n) is 5.73. The monoisotopic (exact) mass is 332 g/mol. The Balaban J connectivity index is 1.65. The maximum absolute atomic E-state index is 12.4. The van der Waals surface area contributed by atoms with Crippen LogP contribution in [-0.2, 0) is 10.3 Å². The van der Waals surface area contributed by atoms with Crippen molar-refractivity contribution >= 4 is 29.0 Å². The van der Waals surface area contributed by atoms with Crippen LogP contribution < -0.4 is 5.32 Å². The van der Waals surface area contributed by atoms with Gasteiger partial charge in [-0.25, -0.2) is 4.98 Å². The van der Waals surface area contributed by atoms with Gasteiger partial charge in [-0.05, 0) is 31.9 Å². The molecule has 1 aromatic heterocycles. The zero-order valence-electron chi connectivity index (χ0n) is 12.7. The molecule has 1 heterocycles. The van der Waals surface area contributed by atoms with Crippen molar-refractivity contribution in [3.05, 3.63) is 46.4 Å². The molecule has 1 aromatic carbocycles. The Bertz CT molecular complexity index is 633. The van der Waals surface area contributed by atoms with Crippen LogP contribution >= 0.6 is 23.1 Å². The van der Waals surface area contributed by atoms with Crippen molar-refractivity contribution in [1.29, 1.82) is 0 Å². The Labute approximate surface area is 139 Å². The van der Waals surface area contributed by atoms with Gasteiger partial charge < -0.3 is 5.32 Å². The molecule has 0 spiro atoms. The molecule has 0 aliphatic heterocycles. The van der Waals surface area contributed by atoms with Gasteiger partial charge in [-0.1, -0.05) is 31.0 Å². The molecule has 1 amide bonds. The number of rotatable bonds is 5. The van der Waals surface area contributed by atoms with Crippen LogP contribution in [0.25, 0.3) is 0 Å². The summed E-state index contributed by atoms with van der Waals surface area (Å²) in [5.41, 5.74) is 0.812. The number of nitrogens with zero attached hydrogens (tertiary/aromatic N) is 1. The van der Waals surface area contributed by atoms with E-state index in [0.717, 1.165) is 41.3 Å². The van der Waals surface area contributed by atoms with Crippen molar-refractivity contribution in [2.75, 3.05) is 5.75 Å². The average molecular weight is 332 g/mol. The first-order valence-corrected chi connectivity index (χ1v) is 9.46. The molecule has 1 fully saturated rings. The zero-order valence-corrected chi connectivity index (χ0v) is 14.3. The number of aromatic nitrogens is 1. The Morgan fingerprint density at radius 1 is 1.32 bits per heavy atom. The van der Waals surface area contributed by atoms with Gasteiger partial charge in [0.25, 0.3) is 0 Å². The van der Waals surface area contributed by atoms with Crippen molar-refractivity contribution < 1.29 is 4.79 Å². The summed E-state index contributed by atoms with van der Waals surface area (Å²) in [5.74, 6) is 0.555. The fourth-order valence-electron chi connectivity index (χ4n) is 2.91. The van der Waals surface area contributed by atoms with E-state index in [4.69, 9.17) is 0 Å². The molecule has 0 saturated heterocycles. The first kappa shape index (κ1) is 15.6. The molecule has 0 radical (unpaired) electrons. The topological polar surface area (TPSA) is 42.0 Å². The van der Waals surface area contributed by atoms with E-state index in [0.29, 0.717) is 5.75 Å². The first-order valence-electron chi connectivity index (χ1n) is 7.59. The highest BCUT2D eigenvalue weighted by Gasteiger charge is 2.39. The van der Waals surface area contributed by atoms with Crippen LogP contribution in [0.3, 0.4) is 0 Å². The van der Waals surface area contributed by atoms with E-state index in [9.17, 15) is 4.79 Å². The summed E-state index contributed by atoms with van der Waals surface area (Å²) in [6, 6.07) is 10.1. The summed E-state index contributed by atoms with van der Waals surface area (Å²) in [4.78, 5) is 18.2. The molecular weight excluding hydrogens is 312 g/mol. The minimum Gasteiger partial charge on any atom is -0.343 e. The molecule has 116 valence electrons. The second kappa shape index (κ2) is 6.84. The van der Waals surface area contributed by atoms with Crippen molar-refractivity contribution in [2.45, 2.75) is 43.0 Å². The third-order valence-electron chi connectivity index (χ3n) is 3.98. The predicted octanol–water partition coefficient (Wildman–Crippen LogP) is 4.13. The fraction of sp³-hybridized carbons (Fsp3) is 0.412. The van der Waals surface area contributed by atoms with Gasteiger partial charge in [0, 0.05) is 16.0 Å². The van der Waals surface area contributed by atoms with Gasteiger partial charge in [0.2, 0.25) is 5.91 Å². The van der Waals surface area contributed by atoms with Gasteiger partial charge >= 0.3 is 0 Å². The van der Waals surface area contributed by atoms with Crippen LogP contribution in [0.1, 0.15) is 36.4 Å². The molecule has 3 rings (SSSR count). The van der Waals surface area contributed by atoms with Gasteiger partial charge in [-0.3, -0.25) is 4.79 Å². The van der Waals surface area contributed by atoms with Crippen LogP contribution in [0.5, 0.6) is 0 Å². The van der Waals surface area contributed by atoms with Gasteiger partial charge in [0.05, 0.1) is 11.3 Å². The number of amides is 1. The molecule has 5 heteroatoms. The lowest BCUT2D eigenvalue weighted by Crippen LogP contribution is -2.44. The van der Waals surface area contributed by atoms with Gasteiger partial charge in [0.15, 0.2) is 0 Å². The quantitative estimate of drug-likeness (QED) is 0.837. The third kappa shape index (κ3) is 3.52. The summed E-state index contributed by atoms with van der Waals surface area (Å²) in [6.07, 6.45) is 4.32. The highest BCUT2D eigenvalue weighted by Crippen LogP contribution is 2.40. The summed E-state index contributed by atoms with van der Waals surface area (Å²) >= 11 is 3.25. The number of thiazole rings is 1. The van der Waals surface area contributed by atoms with Crippen molar-refractivity contribution in [2.24, 2.45) is 0 Å². The highest BCUT2D eigenvalue weighted by molar-refractivity contribution is 8.00. The average Bonchev–Trinajstić information content (AvgIpc) is 3.16. The molecule has 0 atom stereocenters. The van der Waals surface area contributed by atoms with Crippen LogP contribution in [0.4, 0.5) is 0 Å². The molecule has 0 unspecified atom stereocenters. The Hall–Kier alpha value is -1.33. The lowest BCUT2D eigenvalue weighted by atomic mass is 9.98. The molecule has 1 aliphatic carbocycles. The lowest BCUT2D eigenvalue weighted by molar-refractivity contribution is -0.120. The summed E-state index contributed by atoms with van der Waals surface area (Å²) in [5, 5.41) is 6.42. The van der Waals surface area contributed by atoms with Crippen LogP contribution in [0.2, 0.25) is 0 Å². The number of hydrogen-bond donors (Lipinski definition) is 1. The molecule has 0 bridgehead atoms. The number of nitrogens with one attached hydrogen (secondary N) is 1. The van der Waals surface area contributed by atoms with E-state index in [2.05, 4.69) is 15.7 Å². The van der Waals surface area contributed by atoms with Gasteiger partial charge in [-0.15, -0.1) is 23.1 Å². The van der Waals surface area contributed by atoms with E-state index in [-0.39, 0.29) is 11.4 Å². The van der Waals surface area contributed by atoms with E-state index < -0.39 is 0 Å². The summed E-state index contributed by atoms with van der Waals surface area (Å²) in [6.45, 7) is 2.01. The second-order valence-corrected chi connectivity index (χ2v) is 7.64. The minimum absolute atomic E-state index is 0.101. The Kier molecular flexibility index (Phi) is 4.84. The van der Waals surface area contributed by atoms with Crippen LogP contribution in [0.15, 0.2) is 40.6 Å². The lowest BCUT2D eigenvalue weighted by Gasteiger charge is -2.28. The SMILES string of the molecule is Cc1csc(C2(NC(=O)CSc3ccccc3)CCCC2)n1. The highest BCUT2D eigenvalue weighted by atomic mass is 32.2. The zero-order chi connectivity index (χ0) is 15.4. The fourth-order valence-corrected chi connectivity index (χ4v) is 4.65. The molecular formula is C17H20N2OS2. The van der Waals surface area contributed by atoms with Crippen LogP contribution in [-0.4, -0.2) is 16.6 Å². The number of aryl methyl sites for hydroxylation is 1. The number of carbonyl (C=O) groups excluding carboxylic acids is 1. The van der Waals surface area contributed by atoms with Crippen LogP contribution in [0, 0.1) is 6.92 Å². The first-order chi connectivity index (χ1) is 10.7. The van der Waals surface area contributed by atoms with Gasteiger partial charge in [0.1, 0.15) is 5.01 Å². The maximum atomic E-state index is 12.4. The van der Waals surface area contributed by atoms with E-state index in [1.165, 1.54) is 0 Å². The smallest absolute Gasteiger partial charge is 0.231 e. The normalized spacial score (nSPS) is 16.6. The van der Waals surface area contributed by atoms with Crippen molar-refractivity contribution in [1.82, 2.24) is 10.3 Å². The largest absolute Gasteiger partial charge is 0.343 e. The number of benzene rings is 1. The molecule has 22 heavy (non-hydrogen) atoms. The number of thioether (sulfide) groups is 1. The summed E-state index contributed by atoms with van der Waals surface area (Å²) in [7, 11) is 0. The number of carbonyl (C=O) groups is 1. The van der Waals surface area contributed by atoms with Crippen molar-refractivity contribution in [3.8, 4) is 0 Å². The third-order valence-corrected chi connectivity index (χ3v) is 6.15. The van der Waals surface area contributed by atoms with Gasteiger partial charge in [-0.2, -0.15) is 0 Å². The minimum atomic E-state index is -0.229. The Morgan fingerprint density at radius 2 is 2.05 bits per heavy atom. The van der Waals surface area contributed by atoms with Crippen molar-refractivity contribution in [3.63, 3.8) is 0 Å². The molecule has 2 aromatic rings. The molecule has 1 N–H and O–H groups in total. The molecule has 1 saturated carbocycles. The van der Waals surface area contributed by atoms with E-state index in [1.54, 1.807) is 23.1 Å². The maximum Gasteiger partial charge on any atom is 0.231 e.